The molecule has 0 saturated heterocycles. The van der Waals surface area contributed by atoms with E-state index < -0.39 is 17.7 Å². The summed E-state index contributed by atoms with van der Waals surface area (Å²) in [4.78, 5) is 40.4. The van der Waals surface area contributed by atoms with E-state index in [2.05, 4.69) is 10.3 Å². The molecule has 0 aliphatic rings. The van der Waals surface area contributed by atoms with Gasteiger partial charge in [-0.05, 0) is 32.9 Å². The second kappa shape index (κ2) is 9.07. The van der Waals surface area contributed by atoms with Crippen molar-refractivity contribution in [1.29, 1.82) is 0 Å². The molecule has 0 atom stereocenters. The van der Waals surface area contributed by atoms with Crippen LogP contribution in [0.4, 0.5) is 0 Å². The van der Waals surface area contributed by atoms with Crippen LogP contribution in [0.1, 0.15) is 40.4 Å². The Kier molecular flexibility index (Phi) is 6.81. The first-order valence-corrected chi connectivity index (χ1v) is 8.84. The maximum absolute atomic E-state index is 12.7. The zero-order chi connectivity index (χ0) is 20.8. The number of hydrogen-bond acceptors (Lipinski definition) is 6. The average Bonchev–Trinajstić information content (AvgIpc) is 3.04. The molecule has 1 heterocycles. The molecule has 1 aromatic carbocycles. The Balaban J connectivity index is 2.77. The van der Waals surface area contributed by atoms with Crippen LogP contribution in [0.2, 0.25) is 0 Å². The smallest absolute Gasteiger partial charge is 0.340 e. The van der Waals surface area contributed by atoms with E-state index in [1.807, 2.05) is 0 Å². The number of carbonyl (C=O) groups excluding carboxylic acids is 3. The van der Waals surface area contributed by atoms with E-state index in [0.29, 0.717) is 29.3 Å². The number of ketones is 1. The summed E-state index contributed by atoms with van der Waals surface area (Å²) in [7, 11) is 2.98. The van der Waals surface area contributed by atoms with Gasteiger partial charge in [0.1, 0.15) is 17.2 Å². The Morgan fingerprint density at radius 3 is 2.39 bits per heavy atom. The van der Waals surface area contributed by atoms with Gasteiger partial charge in [-0.15, -0.1) is 0 Å². The highest BCUT2D eigenvalue weighted by molar-refractivity contribution is 6.44. The number of ether oxygens (including phenoxy) is 3. The third-order valence-corrected chi connectivity index (χ3v) is 4.12. The first-order valence-electron chi connectivity index (χ1n) is 8.84. The highest BCUT2D eigenvalue weighted by atomic mass is 16.5. The van der Waals surface area contributed by atoms with Crippen molar-refractivity contribution in [3.05, 3.63) is 35.2 Å². The van der Waals surface area contributed by atoms with E-state index in [9.17, 15) is 14.4 Å². The fourth-order valence-electron chi connectivity index (χ4n) is 2.88. The highest BCUT2D eigenvalue weighted by Crippen LogP contribution is 2.39. The van der Waals surface area contributed by atoms with Crippen LogP contribution < -0.4 is 14.8 Å². The van der Waals surface area contributed by atoms with Crippen molar-refractivity contribution in [3.8, 4) is 22.6 Å². The number of H-pyrrole nitrogens is 1. The number of benzene rings is 1. The van der Waals surface area contributed by atoms with Crippen LogP contribution in [-0.2, 0) is 9.53 Å². The lowest BCUT2D eigenvalue weighted by molar-refractivity contribution is -0.116. The zero-order valence-corrected chi connectivity index (χ0v) is 16.6. The number of methoxy groups -OCH3 is 2. The summed E-state index contributed by atoms with van der Waals surface area (Å²) < 4.78 is 15.8. The Bertz CT molecular complexity index is 900. The van der Waals surface area contributed by atoms with Gasteiger partial charge in [-0.1, -0.05) is 0 Å². The number of aromatic nitrogens is 1. The van der Waals surface area contributed by atoms with E-state index in [1.54, 1.807) is 39.0 Å². The Morgan fingerprint density at radius 1 is 1.11 bits per heavy atom. The summed E-state index contributed by atoms with van der Waals surface area (Å²) in [5.41, 5.74) is 1.31. The molecular formula is C20H24N2O6. The van der Waals surface area contributed by atoms with Crippen molar-refractivity contribution in [3.63, 3.8) is 0 Å². The molecule has 1 aromatic heterocycles. The van der Waals surface area contributed by atoms with Crippen LogP contribution in [0.25, 0.3) is 11.1 Å². The van der Waals surface area contributed by atoms with Crippen molar-refractivity contribution in [2.24, 2.45) is 0 Å². The van der Waals surface area contributed by atoms with E-state index >= 15 is 0 Å². The SMILES string of the molecule is CCNC(=O)C(=O)c1[nH]c(C)c(C(=O)OCC)c1-c1ccc(OC)cc1OC. The van der Waals surface area contributed by atoms with Crippen molar-refractivity contribution >= 4 is 17.7 Å². The molecule has 2 rings (SSSR count). The van der Waals surface area contributed by atoms with Gasteiger partial charge in [0.05, 0.1) is 26.4 Å². The predicted molar refractivity (Wildman–Crippen MR) is 103 cm³/mol. The summed E-state index contributed by atoms with van der Waals surface area (Å²) in [5, 5.41) is 2.48. The molecule has 2 aromatic rings. The van der Waals surface area contributed by atoms with Gasteiger partial charge in [0.15, 0.2) is 0 Å². The number of nitrogens with one attached hydrogen (secondary N) is 2. The minimum atomic E-state index is -0.784. The van der Waals surface area contributed by atoms with Crippen molar-refractivity contribution < 1.29 is 28.6 Å². The molecular weight excluding hydrogens is 364 g/mol. The summed E-state index contributed by atoms with van der Waals surface area (Å²) >= 11 is 0. The minimum Gasteiger partial charge on any atom is -0.497 e. The summed E-state index contributed by atoms with van der Waals surface area (Å²) in [5.74, 6) is -1.23. The predicted octanol–water partition coefficient (Wildman–Crippen LogP) is 2.50. The Hall–Kier alpha value is -3.29. The Labute approximate surface area is 163 Å². The molecule has 150 valence electrons. The summed E-state index contributed by atoms with van der Waals surface area (Å²) in [6.07, 6.45) is 0. The average molecular weight is 388 g/mol. The van der Waals surface area contributed by atoms with Gasteiger partial charge in [0.25, 0.3) is 11.7 Å². The van der Waals surface area contributed by atoms with Crippen molar-refractivity contribution in [2.75, 3.05) is 27.4 Å². The zero-order valence-electron chi connectivity index (χ0n) is 16.6. The molecule has 1 amide bonds. The maximum Gasteiger partial charge on any atom is 0.340 e. The number of Topliss-reactive ketones (excluding diaryl/α,β-unsaturated/α-hetero) is 1. The summed E-state index contributed by atoms with van der Waals surface area (Å²) in [6.45, 7) is 5.51. The van der Waals surface area contributed by atoms with Crippen LogP contribution in [0, 0.1) is 6.92 Å². The normalized spacial score (nSPS) is 10.3. The van der Waals surface area contributed by atoms with Crippen LogP contribution in [0.5, 0.6) is 11.5 Å². The number of esters is 1. The number of aryl methyl sites for hydroxylation is 1. The van der Waals surface area contributed by atoms with Gasteiger partial charge < -0.3 is 24.5 Å². The van der Waals surface area contributed by atoms with E-state index in [4.69, 9.17) is 14.2 Å². The maximum atomic E-state index is 12.7. The molecule has 0 bridgehead atoms. The largest absolute Gasteiger partial charge is 0.497 e. The number of hydrogen-bond donors (Lipinski definition) is 2. The molecule has 8 nitrogen and oxygen atoms in total. The topological polar surface area (TPSA) is 107 Å². The van der Waals surface area contributed by atoms with Crippen molar-refractivity contribution in [2.45, 2.75) is 20.8 Å². The van der Waals surface area contributed by atoms with Crippen LogP contribution in [0.3, 0.4) is 0 Å². The number of aromatic amines is 1. The molecule has 0 radical (unpaired) electrons. The third kappa shape index (κ3) is 4.00. The lowest BCUT2D eigenvalue weighted by Crippen LogP contribution is -2.31. The lowest BCUT2D eigenvalue weighted by Gasteiger charge is -2.13. The van der Waals surface area contributed by atoms with Gasteiger partial charge in [-0.2, -0.15) is 0 Å². The molecule has 0 aliphatic carbocycles. The Morgan fingerprint density at radius 2 is 1.82 bits per heavy atom. The number of carbonyl (C=O) groups is 3. The molecule has 0 fully saturated rings. The van der Waals surface area contributed by atoms with Crippen molar-refractivity contribution in [1.82, 2.24) is 10.3 Å². The van der Waals surface area contributed by atoms with E-state index in [1.165, 1.54) is 14.2 Å². The van der Waals surface area contributed by atoms with Gasteiger partial charge in [0, 0.05) is 29.4 Å². The quantitative estimate of drug-likeness (QED) is 0.409. The first kappa shape index (κ1) is 21.0. The van der Waals surface area contributed by atoms with Gasteiger partial charge in [0.2, 0.25) is 0 Å². The van der Waals surface area contributed by atoms with E-state index in [-0.39, 0.29) is 23.4 Å². The monoisotopic (exact) mass is 388 g/mol. The minimum absolute atomic E-state index is 0.00466. The molecule has 0 unspecified atom stereocenters. The molecule has 0 aliphatic heterocycles. The fraction of sp³-hybridized carbons (Fsp3) is 0.350. The van der Waals surface area contributed by atoms with Crippen LogP contribution >= 0.6 is 0 Å². The summed E-state index contributed by atoms with van der Waals surface area (Å²) in [6, 6.07) is 4.97. The number of likely N-dealkylation sites (N-methyl/N-ethyl adjacent to an activating group) is 1. The second-order valence-electron chi connectivity index (χ2n) is 5.85. The van der Waals surface area contributed by atoms with Gasteiger partial charge in [-0.25, -0.2) is 4.79 Å². The van der Waals surface area contributed by atoms with E-state index in [0.717, 1.165) is 0 Å². The highest BCUT2D eigenvalue weighted by Gasteiger charge is 2.31. The lowest BCUT2D eigenvalue weighted by atomic mass is 9.97. The van der Waals surface area contributed by atoms with Gasteiger partial charge >= 0.3 is 5.97 Å². The van der Waals surface area contributed by atoms with Crippen LogP contribution in [0.15, 0.2) is 18.2 Å². The molecule has 8 heteroatoms. The molecule has 0 saturated carbocycles. The molecule has 28 heavy (non-hydrogen) atoms. The third-order valence-electron chi connectivity index (χ3n) is 4.12. The number of amides is 1. The van der Waals surface area contributed by atoms with Gasteiger partial charge in [-0.3, -0.25) is 9.59 Å². The van der Waals surface area contributed by atoms with Crippen LogP contribution in [-0.4, -0.2) is 50.0 Å². The number of rotatable bonds is 8. The second-order valence-corrected chi connectivity index (χ2v) is 5.85. The molecule has 2 N–H and O–H groups in total. The molecule has 0 spiro atoms. The standard InChI is InChI=1S/C20H24N2O6/c1-6-21-19(24)18(23)17-16(15(11(3)22-17)20(25)28-7-2)13-9-8-12(26-4)10-14(13)27-5/h8-10,22H,6-7H2,1-5H3,(H,21,24). The fourth-order valence-corrected chi connectivity index (χ4v) is 2.88. The first-order chi connectivity index (χ1) is 13.4.